The van der Waals surface area contributed by atoms with Gasteiger partial charge in [0.05, 0.1) is 18.6 Å². The van der Waals surface area contributed by atoms with Gasteiger partial charge in [-0.1, -0.05) is 27.5 Å². The molecule has 2 heterocycles. The number of esters is 1. The highest BCUT2D eigenvalue weighted by molar-refractivity contribution is 9.10. The van der Waals surface area contributed by atoms with Crippen LogP contribution in [0, 0.1) is 10.1 Å². The van der Waals surface area contributed by atoms with Crippen molar-refractivity contribution >= 4 is 68.8 Å². The van der Waals surface area contributed by atoms with Crippen molar-refractivity contribution in [2.75, 3.05) is 19.0 Å². The third-order valence-corrected chi connectivity index (χ3v) is 6.07. The van der Waals surface area contributed by atoms with E-state index in [-0.39, 0.29) is 39.5 Å². The molecule has 1 aliphatic rings. The summed E-state index contributed by atoms with van der Waals surface area (Å²) < 4.78 is 15.7. The maximum Gasteiger partial charge on any atom is 0.373 e. The molecule has 3 aromatic rings. The number of anilines is 1. The average Bonchev–Trinajstić information content (AvgIpc) is 3.49. The number of ether oxygens (including phenoxy) is 2. The number of amides is 4. The molecule has 206 valence electrons. The molecule has 0 radical (unpaired) electrons. The Kier molecular flexibility index (Phi) is 8.50. The number of methoxy groups -OCH3 is 1. The molecule has 0 unspecified atom stereocenters. The quantitative estimate of drug-likeness (QED) is 0.113. The van der Waals surface area contributed by atoms with Crippen LogP contribution >= 0.6 is 27.5 Å². The standard InChI is InChI=1S/C25H18BrClN4O9/c1-38-24(34)20-7-6-17(40-20)11-30-23(33)18(29-25(30)35)9-13-8-14(26)10-19(31(36)37)22(13)39-12-21(32)28-16-4-2-15(27)3-5-16/h2-10H,11-12H2,1H3,(H,28,32)(H,29,35)/b18-9-. The second kappa shape index (κ2) is 12.0. The van der Waals surface area contributed by atoms with Crippen molar-refractivity contribution in [2.24, 2.45) is 0 Å². The van der Waals surface area contributed by atoms with Crippen LogP contribution in [0.4, 0.5) is 16.2 Å². The van der Waals surface area contributed by atoms with E-state index in [4.69, 9.17) is 20.8 Å². The maximum absolute atomic E-state index is 13.0. The molecule has 4 rings (SSSR count). The van der Waals surface area contributed by atoms with Crippen LogP contribution in [0.5, 0.6) is 5.75 Å². The third kappa shape index (κ3) is 6.47. The molecule has 0 bridgehead atoms. The van der Waals surface area contributed by atoms with Crippen molar-refractivity contribution in [1.82, 2.24) is 10.2 Å². The molecular formula is C25H18BrClN4O9. The van der Waals surface area contributed by atoms with Crippen molar-refractivity contribution in [3.63, 3.8) is 0 Å². The van der Waals surface area contributed by atoms with Gasteiger partial charge in [0.25, 0.3) is 11.8 Å². The lowest BCUT2D eigenvalue weighted by Crippen LogP contribution is -2.30. The summed E-state index contributed by atoms with van der Waals surface area (Å²) in [6.45, 7) is -0.902. The van der Waals surface area contributed by atoms with E-state index < -0.39 is 41.0 Å². The summed E-state index contributed by atoms with van der Waals surface area (Å²) >= 11 is 9.02. The molecule has 4 amide bonds. The van der Waals surface area contributed by atoms with Gasteiger partial charge in [0, 0.05) is 26.8 Å². The maximum atomic E-state index is 13.0. The summed E-state index contributed by atoms with van der Waals surface area (Å²) in [4.78, 5) is 61.4. The number of carbonyl (C=O) groups is 4. The third-order valence-electron chi connectivity index (χ3n) is 5.36. The van der Waals surface area contributed by atoms with Crippen LogP contribution in [0.15, 0.2) is 63.1 Å². The first-order valence-electron chi connectivity index (χ1n) is 11.2. The highest BCUT2D eigenvalue weighted by atomic mass is 79.9. The fourth-order valence-corrected chi connectivity index (χ4v) is 4.16. The molecule has 0 spiro atoms. The van der Waals surface area contributed by atoms with Crippen LogP contribution in [0.25, 0.3) is 6.08 Å². The van der Waals surface area contributed by atoms with E-state index in [1.54, 1.807) is 24.3 Å². The number of halogens is 2. The van der Waals surface area contributed by atoms with Crippen LogP contribution in [-0.2, 0) is 20.9 Å². The van der Waals surface area contributed by atoms with E-state index in [1.807, 2.05) is 0 Å². The van der Waals surface area contributed by atoms with Gasteiger partial charge in [-0.15, -0.1) is 0 Å². The molecule has 0 aliphatic carbocycles. The highest BCUT2D eigenvalue weighted by Crippen LogP contribution is 2.36. The van der Waals surface area contributed by atoms with E-state index in [0.717, 1.165) is 4.90 Å². The Morgan fingerprint density at radius 2 is 1.93 bits per heavy atom. The zero-order valence-electron chi connectivity index (χ0n) is 20.4. The van der Waals surface area contributed by atoms with Gasteiger partial charge in [-0.2, -0.15) is 0 Å². The first kappa shape index (κ1) is 28.3. The molecule has 15 heteroatoms. The molecule has 13 nitrogen and oxygen atoms in total. The van der Waals surface area contributed by atoms with Gasteiger partial charge >= 0.3 is 17.7 Å². The number of nitrogens with one attached hydrogen (secondary N) is 2. The lowest BCUT2D eigenvalue weighted by atomic mass is 10.1. The number of imide groups is 1. The summed E-state index contributed by atoms with van der Waals surface area (Å²) in [6, 6.07) is 10.8. The van der Waals surface area contributed by atoms with Crippen molar-refractivity contribution in [1.29, 1.82) is 0 Å². The number of nitro groups is 1. The van der Waals surface area contributed by atoms with Gasteiger partial charge in [-0.05, 0) is 48.5 Å². The Balaban J connectivity index is 1.57. The molecule has 2 N–H and O–H groups in total. The lowest BCUT2D eigenvalue weighted by molar-refractivity contribution is -0.385. The minimum atomic E-state index is -0.790. The van der Waals surface area contributed by atoms with Crippen molar-refractivity contribution in [3.05, 3.63) is 90.9 Å². The minimum absolute atomic E-state index is 0.0387. The van der Waals surface area contributed by atoms with Gasteiger partial charge < -0.3 is 24.5 Å². The molecule has 1 saturated heterocycles. The van der Waals surface area contributed by atoms with Gasteiger partial charge in [-0.3, -0.25) is 24.6 Å². The number of nitro benzene ring substituents is 1. The molecule has 2 aromatic carbocycles. The molecule has 1 aromatic heterocycles. The van der Waals surface area contributed by atoms with Gasteiger partial charge in [0.2, 0.25) is 11.5 Å². The Morgan fingerprint density at radius 3 is 2.60 bits per heavy atom. The number of carbonyl (C=O) groups excluding carboxylic acids is 4. The van der Waals surface area contributed by atoms with E-state index in [0.29, 0.717) is 10.7 Å². The predicted octanol–water partition coefficient (Wildman–Crippen LogP) is 4.50. The number of furan rings is 1. The Morgan fingerprint density at radius 1 is 1.20 bits per heavy atom. The second-order valence-corrected chi connectivity index (χ2v) is 9.43. The Labute approximate surface area is 238 Å². The van der Waals surface area contributed by atoms with Crippen molar-refractivity contribution < 1.29 is 38.0 Å². The van der Waals surface area contributed by atoms with Gasteiger partial charge in [0.1, 0.15) is 11.5 Å². The summed E-state index contributed by atoms with van der Waals surface area (Å²) in [5, 5.41) is 17.2. The average molecular weight is 634 g/mol. The predicted molar refractivity (Wildman–Crippen MR) is 143 cm³/mol. The van der Waals surface area contributed by atoms with E-state index in [2.05, 4.69) is 31.3 Å². The van der Waals surface area contributed by atoms with Gasteiger partial charge in [-0.25, -0.2) is 9.59 Å². The Bertz CT molecular complexity index is 1550. The summed E-state index contributed by atoms with van der Waals surface area (Å²) in [7, 11) is 1.18. The highest BCUT2D eigenvalue weighted by Gasteiger charge is 2.35. The molecule has 0 saturated carbocycles. The number of nitrogens with zero attached hydrogens (tertiary/aromatic N) is 2. The normalized spacial score (nSPS) is 13.8. The summed E-state index contributed by atoms with van der Waals surface area (Å²) in [5.41, 5.74) is -0.232. The Hall–Kier alpha value is -4.69. The van der Waals surface area contributed by atoms with Crippen molar-refractivity contribution in [2.45, 2.75) is 6.54 Å². The molecule has 1 aliphatic heterocycles. The van der Waals surface area contributed by atoms with E-state index in [1.165, 1.54) is 37.5 Å². The first-order chi connectivity index (χ1) is 19.0. The second-order valence-electron chi connectivity index (χ2n) is 8.08. The first-order valence-corrected chi connectivity index (χ1v) is 12.4. The number of hydrogen-bond acceptors (Lipinski definition) is 9. The zero-order chi connectivity index (χ0) is 29.0. The fourth-order valence-electron chi connectivity index (χ4n) is 3.57. The van der Waals surface area contributed by atoms with Crippen LogP contribution in [0.2, 0.25) is 5.02 Å². The summed E-state index contributed by atoms with van der Waals surface area (Å²) in [5.74, 6) is -2.38. The van der Waals surface area contributed by atoms with E-state index >= 15 is 0 Å². The lowest BCUT2D eigenvalue weighted by Gasteiger charge is -2.12. The number of benzene rings is 2. The molecule has 0 atom stereocenters. The monoisotopic (exact) mass is 632 g/mol. The molecule has 1 fully saturated rings. The minimum Gasteiger partial charge on any atom is -0.476 e. The fraction of sp³-hybridized carbons (Fsp3) is 0.120. The van der Waals surface area contributed by atoms with Crippen LogP contribution < -0.4 is 15.4 Å². The summed E-state index contributed by atoms with van der Waals surface area (Å²) in [6.07, 6.45) is 1.19. The zero-order valence-corrected chi connectivity index (χ0v) is 22.8. The number of urea groups is 1. The van der Waals surface area contributed by atoms with E-state index in [9.17, 15) is 29.3 Å². The molecule has 40 heavy (non-hydrogen) atoms. The number of hydrogen-bond donors (Lipinski definition) is 2. The largest absolute Gasteiger partial charge is 0.476 e. The topological polar surface area (TPSA) is 170 Å². The van der Waals surface area contributed by atoms with Crippen LogP contribution in [0.1, 0.15) is 21.9 Å². The van der Waals surface area contributed by atoms with Crippen LogP contribution in [-0.4, -0.2) is 47.4 Å². The smallest absolute Gasteiger partial charge is 0.373 e. The van der Waals surface area contributed by atoms with Crippen LogP contribution in [0.3, 0.4) is 0 Å². The number of rotatable bonds is 9. The van der Waals surface area contributed by atoms with Gasteiger partial charge in [0.15, 0.2) is 6.61 Å². The van der Waals surface area contributed by atoms with Crippen molar-refractivity contribution in [3.8, 4) is 5.75 Å². The SMILES string of the molecule is COC(=O)c1ccc(CN2C(=O)N/C(=C\c3cc(Br)cc([N+](=O)[O-])c3OCC(=O)Nc3ccc(Cl)cc3)C2=O)o1. The molecular weight excluding hydrogens is 616 g/mol.